The molecule has 7 nitrogen and oxygen atoms in total. The number of benzene rings is 1. The maximum Gasteiger partial charge on any atom is 0.289 e. The fourth-order valence-corrected chi connectivity index (χ4v) is 4.34. The van der Waals surface area contributed by atoms with E-state index < -0.39 is 26.7 Å². The third kappa shape index (κ3) is 4.00. The fourth-order valence-electron chi connectivity index (χ4n) is 2.01. The van der Waals surface area contributed by atoms with Crippen molar-refractivity contribution in [2.45, 2.75) is 24.8 Å². The molecule has 0 aliphatic rings. The van der Waals surface area contributed by atoms with Crippen LogP contribution in [0.4, 0.5) is 5.69 Å². The summed E-state index contributed by atoms with van der Waals surface area (Å²) in [6.07, 6.45) is 0. The van der Waals surface area contributed by atoms with Gasteiger partial charge in [0, 0.05) is 30.2 Å². The summed E-state index contributed by atoms with van der Waals surface area (Å²) in [6.45, 7) is 3.76. The summed E-state index contributed by atoms with van der Waals surface area (Å²) >= 11 is 3.15. The van der Waals surface area contributed by atoms with E-state index in [2.05, 4.69) is 15.9 Å². The Labute approximate surface area is 132 Å². The van der Waals surface area contributed by atoms with Gasteiger partial charge in [-0.05, 0) is 19.1 Å². The Morgan fingerprint density at radius 1 is 1.48 bits per heavy atom. The molecule has 1 rings (SSSR count). The van der Waals surface area contributed by atoms with Crippen molar-refractivity contribution in [3.8, 4) is 0 Å². The highest BCUT2D eigenvalue weighted by Gasteiger charge is 2.33. The van der Waals surface area contributed by atoms with Crippen molar-refractivity contribution in [1.82, 2.24) is 4.31 Å². The molecule has 21 heavy (non-hydrogen) atoms. The molecule has 1 atom stereocenters. The first-order valence-electron chi connectivity index (χ1n) is 6.20. The number of ether oxygens (including phenoxy) is 1. The third-order valence-corrected chi connectivity index (χ3v) is 5.53. The van der Waals surface area contributed by atoms with Gasteiger partial charge in [-0.1, -0.05) is 22.9 Å². The van der Waals surface area contributed by atoms with E-state index in [9.17, 15) is 18.5 Å². The molecule has 1 aromatic rings. The van der Waals surface area contributed by atoms with E-state index in [1.807, 2.05) is 0 Å². The molecule has 1 aromatic carbocycles. The van der Waals surface area contributed by atoms with Crippen LogP contribution in [-0.4, -0.2) is 43.9 Å². The van der Waals surface area contributed by atoms with Gasteiger partial charge in [0.2, 0.25) is 10.0 Å². The molecule has 0 aliphatic carbocycles. The lowest BCUT2D eigenvalue weighted by molar-refractivity contribution is -0.387. The van der Waals surface area contributed by atoms with Crippen molar-refractivity contribution >= 4 is 31.6 Å². The van der Waals surface area contributed by atoms with Crippen molar-refractivity contribution in [2.75, 3.05) is 20.3 Å². The zero-order valence-corrected chi connectivity index (χ0v) is 14.3. The van der Waals surface area contributed by atoms with E-state index in [0.717, 1.165) is 0 Å². The number of hydrogen-bond donors (Lipinski definition) is 0. The quantitative estimate of drug-likeness (QED) is 0.535. The molecule has 1 unspecified atom stereocenters. The fraction of sp³-hybridized carbons (Fsp3) is 0.500. The number of nitro benzene ring substituents is 1. The van der Waals surface area contributed by atoms with Gasteiger partial charge in [0.05, 0.1) is 11.5 Å². The lowest BCUT2D eigenvalue weighted by Gasteiger charge is -2.26. The Kier molecular flexibility index (Phi) is 6.26. The van der Waals surface area contributed by atoms with E-state index in [-0.39, 0.29) is 18.0 Å². The third-order valence-electron chi connectivity index (χ3n) is 2.92. The number of nitro groups is 1. The molecule has 0 spiro atoms. The molecule has 0 fully saturated rings. The average molecular weight is 381 g/mol. The first kappa shape index (κ1) is 18.0. The number of hydrogen-bond acceptors (Lipinski definition) is 5. The topological polar surface area (TPSA) is 89.8 Å². The van der Waals surface area contributed by atoms with Crippen LogP contribution >= 0.6 is 15.9 Å². The summed E-state index contributed by atoms with van der Waals surface area (Å²) in [5.74, 6) is 0. The van der Waals surface area contributed by atoms with Gasteiger partial charge in [0.1, 0.15) is 0 Å². The summed E-state index contributed by atoms with van der Waals surface area (Å²) in [4.78, 5) is 10.0. The van der Waals surface area contributed by atoms with Crippen molar-refractivity contribution < 1.29 is 18.1 Å². The van der Waals surface area contributed by atoms with Gasteiger partial charge < -0.3 is 4.74 Å². The predicted octanol–water partition coefficient (Wildman–Crippen LogP) is 2.40. The molecule has 0 aromatic heterocycles. The molecule has 118 valence electrons. The van der Waals surface area contributed by atoms with Crippen LogP contribution in [0.2, 0.25) is 0 Å². The number of likely N-dealkylation sites (N-methyl/N-ethyl adjacent to an activating group) is 1. The van der Waals surface area contributed by atoms with E-state index in [1.165, 1.54) is 29.6 Å². The number of sulfonamides is 1. The molecule has 0 bridgehead atoms. The standard InChI is InChI=1S/C12H17BrN2O5S/c1-4-14(9(2)8-20-3)21(18,19)12-7-10(13)5-6-11(12)15(16)17/h5-7,9H,4,8H2,1-3H3. The molecule has 0 aliphatic heterocycles. The van der Waals surface area contributed by atoms with E-state index in [0.29, 0.717) is 4.47 Å². The van der Waals surface area contributed by atoms with Crippen LogP contribution in [0.25, 0.3) is 0 Å². The van der Waals surface area contributed by atoms with Gasteiger partial charge in [-0.15, -0.1) is 0 Å². The summed E-state index contributed by atoms with van der Waals surface area (Å²) in [5.41, 5.74) is -0.443. The average Bonchev–Trinajstić information content (AvgIpc) is 2.39. The minimum atomic E-state index is -3.99. The number of halogens is 1. The Bertz CT molecular complexity index is 620. The molecular weight excluding hydrogens is 364 g/mol. The Hall–Kier alpha value is -1.03. The van der Waals surface area contributed by atoms with Gasteiger partial charge in [-0.2, -0.15) is 4.31 Å². The molecular formula is C12H17BrN2O5S. The summed E-state index contributed by atoms with van der Waals surface area (Å²) in [7, 11) is -2.52. The molecule has 0 radical (unpaired) electrons. The smallest absolute Gasteiger partial charge is 0.289 e. The minimum absolute atomic E-state index is 0.191. The van der Waals surface area contributed by atoms with Crippen LogP contribution < -0.4 is 0 Å². The maximum absolute atomic E-state index is 12.7. The van der Waals surface area contributed by atoms with Crippen LogP contribution in [0.5, 0.6) is 0 Å². The van der Waals surface area contributed by atoms with Gasteiger partial charge in [-0.25, -0.2) is 8.42 Å². The van der Waals surface area contributed by atoms with Gasteiger partial charge >= 0.3 is 0 Å². The molecule has 0 N–H and O–H groups in total. The zero-order chi connectivity index (χ0) is 16.2. The highest BCUT2D eigenvalue weighted by molar-refractivity contribution is 9.10. The van der Waals surface area contributed by atoms with Crippen molar-refractivity contribution in [1.29, 1.82) is 0 Å². The van der Waals surface area contributed by atoms with Crippen molar-refractivity contribution in [2.24, 2.45) is 0 Å². The van der Waals surface area contributed by atoms with Crippen LogP contribution in [-0.2, 0) is 14.8 Å². The van der Waals surface area contributed by atoms with Gasteiger partial charge in [0.25, 0.3) is 5.69 Å². The molecule has 0 saturated carbocycles. The van der Waals surface area contributed by atoms with Crippen LogP contribution in [0.1, 0.15) is 13.8 Å². The predicted molar refractivity (Wildman–Crippen MR) is 81.7 cm³/mol. The minimum Gasteiger partial charge on any atom is -0.383 e. The Balaban J connectivity index is 3.41. The van der Waals surface area contributed by atoms with Crippen molar-refractivity contribution in [3.05, 3.63) is 32.8 Å². The molecule has 0 amide bonds. The Morgan fingerprint density at radius 2 is 2.10 bits per heavy atom. The molecule has 0 heterocycles. The molecule has 0 saturated heterocycles. The van der Waals surface area contributed by atoms with Gasteiger partial charge in [-0.3, -0.25) is 10.1 Å². The highest BCUT2D eigenvalue weighted by Crippen LogP contribution is 2.30. The van der Waals surface area contributed by atoms with Crippen LogP contribution in [0.3, 0.4) is 0 Å². The summed E-state index contributed by atoms with van der Waals surface area (Å²) < 4.78 is 32.0. The summed E-state index contributed by atoms with van der Waals surface area (Å²) in [6, 6.07) is 3.43. The molecule has 9 heteroatoms. The SMILES string of the molecule is CCN(C(C)COC)S(=O)(=O)c1cc(Br)ccc1[N+](=O)[O-]. The highest BCUT2D eigenvalue weighted by atomic mass is 79.9. The lowest BCUT2D eigenvalue weighted by atomic mass is 10.3. The largest absolute Gasteiger partial charge is 0.383 e. The first-order chi connectivity index (χ1) is 9.75. The van der Waals surface area contributed by atoms with E-state index >= 15 is 0 Å². The number of rotatable bonds is 7. The summed E-state index contributed by atoms with van der Waals surface area (Å²) in [5, 5.41) is 11.1. The van der Waals surface area contributed by atoms with Crippen molar-refractivity contribution in [3.63, 3.8) is 0 Å². The van der Waals surface area contributed by atoms with Gasteiger partial charge in [0.15, 0.2) is 4.90 Å². The Morgan fingerprint density at radius 3 is 2.57 bits per heavy atom. The van der Waals surface area contributed by atoms with E-state index in [1.54, 1.807) is 13.8 Å². The second kappa shape index (κ2) is 7.30. The second-order valence-corrected chi connectivity index (χ2v) is 7.16. The second-order valence-electron chi connectivity index (χ2n) is 4.38. The number of methoxy groups -OCH3 is 1. The normalized spacial score (nSPS) is 13.4. The number of nitrogens with zero attached hydrogens (tertiary/aromatic N) is 2. The first-order valence-corrected chi connectivity index (χ1v) is 8.43. The van der Waals surface area contributed by atoms with E-state index in [4.69, 9.17) is 4.74 Å². The maximum atomic E-state index is 12.7. The van der Waals surface area contributed by atoms with Crippen LogP contribution in [0, 0.1) is 10.1 Å². The lowest BCUT2D eigenvalue weighted by Crippen LogP contribution is -2.41. The zero-order valence-electron chi connectivity index (χ0n) is 11.9. The monoisotopic (exact) mass is 380 g/mol. The van der Waals surface area contributed by atoms with Crippen LogP contribution in [0.15, 0.2) is 27.6 Å².